The number of nitrogens with zero attached hydrogens (tertiary/aromatic N) is 2. The van der Waals surface area contributed by atoms with Crippen molar-refractivity contribution in [3.63, 3.8) is 0 Å². The maximum Gasteiger partial charge on any atom is 0.204 e. The number of aryl methyl sites for hydroxylation is 2. The summed E-state index contributed by atoms with van der Waals surface area (Å²) in [7, 11) is 0. The Labute approximate surface area is 182 Å². The molecule has 3 aromatic carbocycles. The summed E-state index contributed by atoms with van der Waals surface area (Å²) in [6, 6.07) is 21.8. The normalized spacial score (nSPS) is 12.0. The summed E-state index contributed by atoms with van der Waals surface area (Å²) in [5.74, 6) is 0.729. The first-order valence-electron chi connectivity index (χ1n) is 9.53. The fraction of sp³-hybridized carbons (Fsp3) is 0.0833. The number of para-hydroxylation sites is 1. The van der Waals surface area contributed by atoms with Crippen LogP contribution >= 0.6 is 22.9 Å². The molecule has 0 saturated carbocycles. The zero-order chi connectivity index (χ0) is 20.7. The van der Waals surface area contributed by atoms with Crippen LogP contribution in [0.3, 0.4) is 0 Å². The number of hydrogen-bond donors (Lipinski definition) is 1. The zero-order valence-electron chi connectivity index (χ0n) is 16.4. The fourth-order valence-corrected chi connectivity index (χ4v) is 4.24. The molecule has 0 atom stereocenters. The summed E-state index contributed by atoms with van der Waals surface area (Å²) < 4.78 is 7.34. The molecule has 30 heavy (non-hydrogen) atoms. The summed E-state index contributed by atoms with van der Waals surface area (Å²) >= 11 is 7.63. The molecule has 0 unspecified atom stereocenters. The van der Waals surface area contributed by atoms with Crippen molar-refractivity contribution in [2.75, 3.05) is 5.43 Å². The van der Waals surface area contributed by atoms with E-state index in [0.717, 1.165) is 43.0 Å². The Morgan fingerprint density at radius 2 is 1.73 bits per heavy atom. The second-order valence-electron chi connectivity index (χ2n) is 7.15. The van der Waals surface area contributed by atoms with Gasteiger partial charge in [-0.2, -0.15) is 5.10 Å². The van der Waals surface area contributed by atoms with Gasteiger partial charge in [0, 0.05) is 22.0 Å². The highest BCUT2D eigenvalue weighted by molar-refractivity contribution is 7.22. The van der Waals surface area contributed by atoms with Crippen molar-refractivity contribution in [3.8, 4) is 11.3 Å². The van der Waals surface area contributed by atoms with E-state index in [1.165, 1.54) is 11.1 Å². The van der Waals surface area contributed by atoms with Crippen LogP contribution < -0.4 is 10.8 Å². The molecule has 0 spiro atoms. The van der Waals surface area contributed by atoms with Gasteiger partial charge in [0.25, 0.3) is 0 Å². The summed E-state index contributed by atoms with van der Waals surface area (Å²) in [6.07, 6.45) is 0. The first-order chi connectivity index (χ1) is 14.6. The Hall–Kier alpha value is -3.15. The lowest BCUT2D eigenvalue weighted by Gasteiger charge is -2.08. The number of anilines is 1. The Kier molecular flexibility index (Phi) is 4.77. The van der Waals surface area contributed by atoms with Crippen LogP contribution in [0.4, 0.5) is 5.13 Å². The molecule has 2 heterocycles. The predicted molar refractivity (Wildman–Crippen MR) is 125 cm³/mol. The Balaban J connectivity index is 1.66. The maximum absolute atomic E-state index is 6.22. The predicted octanol–water partition coefficient (Wildman–Crippen LogP) is 6.91. The summed E-state index contributed by atoms with van der Waals surface area (Å²) in [5, 5.41) is 7.87. The highest BCUT2D eigenvalue weighted by Gasteiger charge is 2.09. The van der Waals surface area contributed by atoms with Gasteiger partial charge in [-0.05, 0) is 73.5 Å². The van der Waals surface area contributed by atoms with Gasteiger partial charge in [-0.15, -0.1) is 0 Å². The maximum atomic E-state index is 6.22. The Morgan fingerprint density at radius 3 is 2.53 bits per heavy atom. The number of rotatable bonds is 3. The van der Waals surface area contributed by atoms with E-state index in [1.54, 1.807) is 11.3 Å². The van der Waals surface area contributed by atoms with E-state index < -0.39 is 0 Å². The third kappa shape index (κ3) is 3.58. The van der Waals surface area contributed by atoms with Gasteiger partial charge in [0.2, 0.25) is 5.13 Å². The van der Waals surface area contributed by atoms with Crippen LogP contribution in [0.25, 0.3) is 32.5 Å². The molecule has 1 N–H and O–H groups in total. The second-order valence-corrected chi connectivity index (χ2v) is 8.61. The van der Waals surface area contributed by atoms with Gasteiger partial charge in [0.05, 0.1) is 15.6 Å². The van der Waals surface area contributed by atoms with Crippen molar-refractivity contribution in [1.82, 2.24) is 4.98 Å². The molecule has 0 aliphatic heterocycles. The molecule has 0 radical (unpaired) electrons. The van der Waals surface area contributed by atoms with E-state index in [0.29, 0.717) is 5.02 Å². The van der Waals surface area contributed by atoms with Crippen LogP contribution in [0.1, 0.15) is 11.1 Å². The average Bonchev–Trinajstić information content (AvgIpc) is 3.16. The first kappa shape index (κ1) is 18.9. The summed E-state index contributed by atoms with van der Waals surface area (Å²) in [4.78, 5) is 4.61. The number of nitrogens with one attached hydrogen (secondary N) is 1. The standard InChI is InChI=1S/C24H18ClN3OS/c1-14-11-18-20(27-28-24-26-19-5-3-4-6-23(19)30-24)13-21(29-22(18)12-15(14)2)16-7-9-17(25)10-8-16/h3-13H,1-2H3,(H,26,28)/b27-20+. The van der Waals surface area contributed by atoms with Crippen molar-refractivity contribution in [3.05, 3.63) is 88.2 Å². The average molecular weight is 432 g/mol. The first-order valence-corrected chi connectivity index (χ1v) is 10.7. The molecule has 5 rings (SSSR count). The number of halogens is 1. The van der Waals surface area contributed by atoms with E-state index in [9.17, 15) is 0 Å². The minimum atomic E-state index is 0.688. The molecule has 0 saturated heterocycles. The molecular weight excluding hydrogens is 414 g/mol. The Morgan fingerprint density at radius 1 is 0.967 bits per heavy atom. The van der Waals surface area contributed by atoms with Gasteiger partial charge in [-0.25, -0.2) is 4.98 Å². The fourth-order valence-electron chi connectivity index (χ4n) is 3.30. The van der Waals surface area contributed by atoms with E-state index in [2.05, 4.69) is 47.6 Å². The van der Waals surface area contributed by atoms with Crippen LogP contribution in [0.15, 0.2) is 76.2 Å². The van der Waals surface area contributed by atoms with Crippen molar-refractivity contribution in [2.24, 2.45) is 5.10 Å². The van der Waals surface area contributed by atoms with Gasteiger partial charge in [0.1, 0.15) is 11.3 Å². The molecule has 0 aliphatic carbocycles. The van der Waals surface area contributed by atoms with E-state index in [-0.39, 0.29) is 0 Å². The minimum Gasteiger partial charge on any atom is -0.456 e. The van der Waals surface area contributed by atoms with E-state index in [1.807, 2.05) is 48.5 Å². The van der Waals surface area contributed by atoms with Crippen LogP contribution in [0.2, 0.25) is 5.02 Å². The molecule has 0 bridgehead atoms. The Bertz CT molecular complexity index is 1420. The number of hydrogen-bond acceptors (Lipinski definition) is 5. The van der Waals surface area contributed by atoms with Crippen LogP contribution in [0.5, 0.6) is 0 Å². The van der Waals surface area contributed by atoms with Gasteiger partial charge >= 0.3 is 0 Å². The molecule has 148 valence electrons. The number of benzene rings is 3. The lowest BCUT2D eigenvalue weighted by molar-refractivity contribution is 0.618. The summed E-state index contributed by atoms with van der Waals surface area (Å²) in [6.45, 7) is 4.17. The highest BCUT2D eigenvalue weighted by Crippen LogP contribution is 2.27. The quantitative estimate of drug-likeness (QED) is 0.316. The van der Waals surface area contributed by atoms with Crippen molar-refractivity contribution in [2.45, 2.75) is 13.8 Å². The molecule has 0 amide bonds. The zero-order valence-corrected chi connectivity index (χ0v) is 18.0. The lowest BCUT2D eigenvalue weighted by atomic mass is 10.1. The van der Waals surface area contributed by atoms with Gasteiger partial charge in [-0.3, -0.25) is 5.43 Å². The molecule has 2 aromatic heterocycles. The van der Waals surface area contributed by atoms with Crippen molar-refractivity contribution in [1.29, 1.82) is 0 Å². The van der Waals surface area contributed by atoms with Crippen molar-refractivity contribution < 1.29 is 4.42 Å². The molecule has 4 nitrogen and oxygen atoms in total. The van der Waals surface area contributed by atoms with Gasteiger partial charge in [-0.1, -0.05) is 35.1 Å². The minimum absolute atomic E-state index is 0.688. The molecule has 6 heteroatoms. The molecule has 0 aliphatic rings. The van der Waals surface area contributed by atoms with Crippen LogP contribution in [0, 0.1) is 13.8 Å². The van der Waals surface area contributed by atoms with Gasteiger partial charge < -0.3 is 4.42 Å². The molecular formula is C24H18ClN3OS. The van der Waals surface area contributed by atoms with E-state index >= 15 is 0 Å². The monoisotopic (exact) mass is 431 g/mol. The number of thiazole rings is 1. The van der Waals surface area contributed by atoms with E-state index in [4.69, 9.17) is 16.0 Å². The third-order valence-electron chi connectivity index (χ3n) is 5.05. The summed E-state index contributed by atoms with van der Waals surface area (Å²) in [5.41, 5.74) is 8.18. The largest absolute Gasteiger partial charge is 0.456 e. The SMILES string of the molecule is Cc1cc2oc(-c3ccc(Cl)cc3)c/c(=N\Nc3nc4ccccc4s3)c2cc1C. The second kappa shape index (κ2) is 7.59. The van der Waals surface area contributed by atoms with Crippen molar-refractivity contribution >= 4 is 49.3 Å². The highest BCUT2D eigenvalue weighted by atomic mass is 35.5. The van der Waals surface area contributed by atoms with Crippen LogP contribution in [-0.4, -0.2) is 4.98 Å². The molecule has 5 aromatic rings. The van der Waals surface area contributed by atoms with Gasteiger partial charge in [0.15, 0.2) is 0 Å². The smallest absolute Gasteiger partial charge is 0.204 e. The number of aromatic nitrogens is 1. The third-order valence-corrected chi connectivity index (χ3v) is 6.25. The number of fused-ring (bicyclic) bond motifs is 2. The molecule has 0 fully saturated rings. The van der Waals surface area contributed by atoms with Crippen LogP contribution in [-0.2, 0) is 0 Å². The lowest BCUT2D eigenvalue weighted by Crippen LogP contribution is -2.08. The topological polar surface area (TPSA) is 50.4 Å².